The lowest BCUT2D eigenvalue weighted by molar-refractivity contribution is -0.162. The molecular formula is C8H3ClF6N3+. The molecule has 3 nitrogen and oxygen atoms in total. The highest BCUT2D eigenvalue weighted by Gasteiger charge is 2.43. The van der Waals surface area contributed by atoms with E-state index in [4.69, 9.17) is 17.2 Å². The number of nitrogens with zero attached hydrogens (tertiary/aromatic N) is 3. The minimum absolute atomic E-state index is 0.0788. The number of benzene rings is 1. The summed E-state index contributed by atoms with van der Waals surface area (Å²) in [6, 6.07) is 0.985. The normalized spacial score (nSPS) is 12.1. The molecule has 0 aliphatic heterocycles. The van der Waals surface area contributed by atoms with Crippen LogP contribution in [0, 0.1) is 5.39 Å². The number of alkyl halides is 6. The quantitative estimate of drug-likeness (QED) is 0.331. The smallest absolute Gasteiger partial charge is 0.166 e. The summed E-state index contributed by atoms with van der Waals surface area (Å²) in [6.45, 7) is 0. The molecule has 18 heavy (non-hydrogen) atoms. The van der Waals surface area contributed by atoms with E-state index in [2.05, 4.69) is 5.08 Å². The van der Waals surface area contributed by atoms with Gasteiger partial charge in [0.1, 0.15) is 17.5 Å². The highest BCUT2D eigenvalue weighted by molar-refractivity contribution is 6.26. The molecule has 0 aliphatic carbocycles. The van der Waals surface area contributed by atoms with Crippen LogP contribution in [-0.4, -0.2) is 0 Å². The van der Waals surface area contributed by atoms with E-state index in [-0.39, 0.29) is 16.7 Å². The minimum Gasteiger partial charge on any atom is -0.166 e. The SMILES string of the molecule is N#[N+]N(Cl)c1ccc(C(F)(F)F)c(C(F)(F)F)c1. The van der Waals surface area contributed by atoms with Gasteiger partial charge in [-0.1, -0.05) is 0 Å². The summed E-state index contributed by atoms with van der Waals surface area (Å²) in [5.41, 5.74) is -4.32. The lowest BCUT2D eigenvalue weighted by atomic mass is 10.1. The Hall–Kier alpha value is -1.69. The molecule has 98 valence electrons. The Morgan fingerprint density at radius 3 is 1.89 bits per heavy atom. The van der Waals surface area contributed by atoms with Crippen molar-refractivity contribution in [3.05, 3.63) is 34.4 Å². The Kier molecular flexibility index (Phi) is 3.62. The van der Waals surface area contributed by atoms with Crippen LogP contribution in [0.1, 0.15) is 11.1 Å². The van der Waals surface area contributed by atoms with Crippen LogP contribution in [0.15, 0.2) is 18.2 Å². The molecule has 0 fully saturated rings. The van der Waals surface area contributed by atoms with Crippen LogP contribution in [0.4, 0.5) is 32.0 Å². The molecule has 0 saturated carbocycles. The maximum Gasteiger partial charge on any atom is 0.417 e. The van der Waals surface area contributed by atoms with Crippen molar-refractivity contribution in [1.82, 2.24) is 0 Å². The monoisotopic (exact) mass is 290 g/mol. The Labute approximate surface area is 101 Å². The van der Waals surface area contributed by atoms with E-state index in [1.807, 2.05) is 0 Å². The summed E-state index contributed by atoms with van der Waals surface area (Å²) in [4.78, 5) is 0. The van der Waals surface area contributed by atoms with Gasteiger partial charge in [0, 0.05) is 0 Å². The van der Waals surface area contributed by atoms with Crippen LogP contribution in [0.2, 0.25) is 0 Å². The van der Waals surface area contributed by atoms with Gasteiger partial charge in [-0.3, -0.25) is 0 Å². The zero-order chi connectivity index (χ0) is 14.1. The van der Waals surface area contributed by atoms with E-state index in [0.29, 0.717) is 6.07 Å². The van der Waals surface area contributed by atoms with Gasteiger partial charge in [-0.15, -0.1) is 0 Å². The van der Waals surface area contributed by atoms with Crippen molar-refractivity contribution in [3.8, 4) is 0 Å². The lowest BCUT2D eigenvalue weighted by Crippen LogP contribution is -2.17. The molecule has 10 heteroatoms. The predicted octanol–water partition coefficient (Wildman–Crippen LogP) is 4.45. The largest absolute Gasteiger partial charge is 0.417 e. The number of hydrogen-bond donors (Lipinski definition) is 0. The van der Waals surface area contributed by atoms with Crippen molar-refractivity contribution in [2.24, 2.45) is 0 Å². The second kappa shape index (κ2) is 4.53. The van der Waals surface area contributed by atoms with Crippen LogP contribution in [0.25, 0.3) is 5.08 Å². The average molecular weight is 291 g/mol. The summed E-state index contributed by atoms with van der Waals surface area (Å²) in [7, 11) is 0. The van der Waals surface area contributed by atoms with Gasteiger partial charge in [0.05, 0.1) is 15.7 Å². The number of halogens is 7. The highest BCUT2D eigenvalue weighted by Crippen LogP contribution is 2.42. The van der Waals surface area contributed by atoms with E-state index in [0.717, 1.165) is 0 Å². The first-order chi connectivity index (χ1) is 8.07. The molecule has 0 unspecified atom stereocenters. The molecule has 0 bridgehead atoms. The third-order valence-electron chi connectivity index (χ3n) is 1.91. The van der Waals surface area contributed by atoms with Crippen molar-refractivity contribution < 1.29 is 26.3 Å². The number of anilines is 1. The summed E-state index contributed by atoms with van der Waals surface area (Å²) >= 11 is 5.15. The van der Waals surface area contributed by atoms with Gasteiger partial charge in [-0.2, -0.15) is 26.3 Å². The van der Waals surface area contributed by atoms with Crippen LogP contribution >= 0.6 is 11.8 Å². The number of rotatable bonds is 1. The van der Waals surface area contributed by atoms with E-state index in [1.54, 1.807) is 0 Å². The fourth-order valence-electron chi connectivity index (χ4n) is 1.18. The van der Waals surface area contributed by atoms with Gasteiger partial charge in [0.2, 0.25) is 0 Å². The summed E-state index contributed by atoms with van der Waals surface area (Å²) in [5.74, 6) is 0. The molecule has 0 amide bonds. The Bertz CT molecular complexity index is 489. The van der Waals surface area contributed by atoms with E-state index >= 15 is 0 Å². The van der Waals surface area contributed by atoms with Gasteiger partial charge in [-0.25, -0.2) is 0 Å². The van der Waals surface area contributed by atoms with E-state index in [9.17, 15) is 26.3 Å². The van der Waals surface area contributed by atoms with Gasteiger partial charge in [0.25, 0.3) is 5.39 Å². The predicted molar refractivity (Wildman–Crippen MR) is 49.9 cm³/mol. The fraction of sp³-hybridized carbons (Fsp3) is 0.250. The molecule has 0 N–H and O–H groups in total. The Balaban J connectivity index is 3.46. The Morgan fingerprint density at radius 1 is 1.00 bits per heavy atom. The first-order valence-electron chi connectivity index (χ1n) is 4.16. The second-order valence-corrected chi connectivity index (χ2v) is 3.40. The molecule has 0 radical (unpaired) electrons. The summed E-state index contributed by atoms with van der Waals surface area (Å²) < 4.78 is 74.6. The highest BCUT2D eigenvalue weighted by atomic mass is 35.5. The molecule has 0 aliphatic rings. The molecule has 1 aromatic rings. The van der Waals surface area contributed by atoms with Gasteiger partial charge in [-0.05, 0) is 18.2 Å². The van der Waals surface area contributed by atoms with Crippen LogP contribution in [0.3, 0.4) is 0 Å². The van der Waals surface area contributed by atoms with Crippen molar-refractivity contribution in [1.29, 1.82) is 5.39 Å². The molecule has 0 atom stereocenters. The van der Waals surface area contributed by atoms with E-state index in [1.165, 1.54) is 0 Å². The maximum atomic E-state index is 12.5. The first kappa shape index (κ1) is 14.4. The topological polar surface area (TPSA) is 31.4 Å². The minimum atomic E-state index is -5.21. The standard InChI is InChI=1S/C8H3ClF6N3/c9-18(17-16)4-1-2-5(7(10,11)12)6(3-4)8(13,14)15/h1-3H/q+1. The van der Waals surface area contributed by atoms with Gasteiger partial charge >= 0.3 is 17.4 Å². The number of diazo groups is 1. The summed E-state index contributed by atoms with van der Waals surface area (Å²) in [6.07, 6.45) is -10.4. The van der Waals surface area contributed by atoms with Crippen molar-refractivity contribution >= 4 is 17.5 Å². The molecule has 1 rings (SSSR count). The van der Waals surface area contributed by atoms with E-state index < -0.39 is 29.2 Å². The molecule has 0 saturated heterocycles. The second-order valence-electron chi connectivity index (χ2n) is 3.07. The van der Waals surface area contributed by atoms with Crippen LogP contribution < -0.4 is 4.53 Å². The van der Waals surface area contributed by atoms with Crippen molar-refractivity contribution in [3.63, 3.8) is 0 Å². The maximum absolute atomic E-state index is 12.5. The van der Waals surface area contributed by atoms with Gasteiger partial charge < -0.3 is 0 Å². The fourth-order valence-corrected chi connectivity index (χ4v) is 1.29. The molecular weight excluding hydrogens is 288 g/mol. The van der Waals surface area contributed by atoms with Crippen molar-refractivity contribution in [2.45, 2.75) is 12.4 Å². The van der Waals surface area contributed by atoms with Crippen LogP contribution in [0.5, 0.6) is 0 Å². The molecule has 0 aromatic heterocycles. The Morgan fingerprint density at radius 2 is 1.50 bits per heavy atom. The molecule has 0 spiro atoms. The zero-order valence-corrected chi connectivity index (χ0v) is 8.98. The molecule has 0 heterocycles. The van der Waals surface area contributed by atoms with Crippen molar-refractivity contribution in [2.75, 3.05) is 4.53 Å². The zero-order valence-electron chi connectivity index (χ0n) is 8.22. The van der Waals surface area contributed by atoms with Gasteiger partial charge in [0.15, 0.2) is 0 Å². The van der Waals surface area contributed by atoms with Crippen LogP contribution in [-0.2, 0) is 12.4 Å². The lowest BCUT2D eigenvalue weighted by Gasteiger charge is -2.15. The summed E-state index contributed by atoms with van der Waals surface area (Å²) in [5, 5.41) is 10.6. The third kappa shape index (κ3) is 2.95. The average Bonchev–Trinajstić information content (AvgIpc) is 2.24. The third-order valence-corrected chi connectivity index (χ3v) is 2.17. The number of hydrogen-bond acceptors (Lipinski definition) is 2. The molecule has 1 aromatic carbocycles. The first-order valence-corrected chi connectivity index (χ1v) is 4.50.